The van der Waals surface area contributed by atoms with Crippen LogP contribution in [0.3, 0.4) is 0 Å². The first-order valence-corrected chi connectivity index (χ1v) is 7.43. The van der Waals surface area contributed by atoms with Gasteiger partial charge in [-0.2, -0.15) is 0 Å². The lowest BCUT2D eigenvalue weighted by Gasteiger charge is -2.31. The fourth-order valence-corrected chi connectivity index (χ4v) is 2.53. The number of piperazine rings is 1. The second kappa shape index (κ2) is 6.02. The fraction of sp³-hybridized carbons (Fsp3) is 0.600. The van der Waals surface area contributed by atoms with Crippen molar-refractivity contribution in [2.24, 2.45) is 0 Å². The molecule has 1 heterocycles. The molecule has 0 spiro atoms. The number of hydrogen-bond acceptors (Lipinski definition) is 3. The molecule has 1 aliphatic rings. The van der Waals surface area contributed by atoms with Gasteiger partial charge in [-0.1, -0.05) is 18.5 Å². The molecule has 0 unspecified atom stereocenters. The van der Waals surface area contributed by atoms with E-state index in [1.165, 1.54) is 0 Å². The Morgan fingerprint density at radius 2 is 2.00 bits per heavy atom. The van der Waals surface area contributed by atoms with E-state index in [-0.39, 0.29) is 5.54 Å². The Labute approximate surface area is 121 Å². The molecule has 1 aromatic carbocycles. The zero-order valence-electron chi connectivity index (χ0n) is 12.1. The van der Waals surface area contributed by atoms with E-state index >= 15 is 0 Å². The predicted octanol–water partition coefficient (Wildman–Crippen LogP) is 3.35. The molecule has 0 amide bonds. The molecule has 0 atom stereocenters. The first kappa shape index (κ1) is 14.5. The highest BCUT2D eigenvalue weighted by Gasteiger charge is 2.17. The quantitative estimate of drug-likeness (QED) is 0.886. The predicted molar refractivity (Wildman–Crippen MR) is 84.5 cm³/mol. The third-order valence-corrected chi connectivity index (χ3v) is 4.07. The summed E-state index contributed by atoms with van der Waals surface area (Å²) in [6.45, 7) is 10.7. The van der Waals surface area contributed by atoms with Crippen LogP contribution >= 0.6 is 11.6 Å². The van der Waals surface area contributed by atoms with Crippen LogP contribution in [0.5, 0.6) is 0 Å². The molecule has 1 fully saturated rings. The largest absolute Gasteiger partial charge is 0.380 e. The number of benzene rings is 1. The summed E-state index contributed by atoms with van der Waals surface area (Å²) < 4.78 is 0. The van der Waals surface area contributed by atoms with Gasteiger partial charge in [-0.05, 0) is 38.5 Å². The molecule has 1 saturated heterocycles. The van der Waals surface area contributed by atoms with Gasteiger partial charge in [-0.25, -0.2) is 0 Å². The van der Waals surface area contributed by atoms with Crippen molar-refractivity contribution in [1.29, 1.82) is 0 Å². The van der Waals surface area contributed by atoms with Gasteiger partial charge in [0.05, 0.1) is 10.7 Å². The molecule has 1 aromatic rings. The maximum Gasteiger partial charge on any atom is 0.0660 e. The van der Waals surface area contributed by atoms with E-state index < -0.39 is 0 Å². The molecule has 0 radical (unpaired) electrons. The zero-order chi connectivity index (χ0) is 13.9. The van der Waals surface area contributed by atoms with Crippen LogP contribution < -0.4 is 15.5 Å². The molecule has 0 saturated carbocycles. The monoisotopic (exact) mass is 281 g/mol. The maximum absolute atomic E-state index is 6.43. The van der Waals surface area contributed by atoms with E-state index in [1.54, 1.807) is 0 Å². The lowest BCUT2D eigenvalue weighted by Crippen LogP contribution is -2.43. The Hall–Kier alpha value is -0.930. The van der Waals surface area contributed by atoms with Crippen LogP contribution in [0.1, 0.15) is 27.2 Å². The van der Waals surface area contributed by atoms with E-state index in [4.69, 9.17) is 11.6 Å². The SMILES string of the molecule is CCC(C)(C)Nc1ccc(N2CCNCC2)c(Cl)c1. The van der Waals surface area contributed by atoms with Crippen molar-refractivity contribution in [2.45, 2.75) is 32.7 Å². The Balaban J connectivity index is 2.12. The van der Waals surface area contributed by atoms with E-state index in [0.717, 1.165) is 49.0 Å². The Bertz CT molecular complexity index is 425. The van der Waals surface area contributed by atoms with E-state index in [1.807, 2.05) is 6.07 Å². The van der Waals surface area contributed by atoms with Crippen LogP contribution in [0.2, 0.25) is 5.02 Å². The topological polar surface area (TPSA) is 27.3 Å². The number of hydrogen-bond donors (Lipinski definition) is 2. The van der Waals surface area contributed by atoms with Crippen LogP contribution in [0.25, 0.3) is 0 Å². The normalized spacial score (nSPS) is 16.5. The number of anilines is 2. The average molecular weight is 282 g/mol. The van der Waals surface area contributed by atoms with Crippen LogP contribution in [-0.4, -0.2) is 31.7 Å². The molecule has 2 N–H and O–H groups in total. The minimum absolute atomic E-state index is 0.0971. The third kappa shape index (κ3) is 3.77. The molecule has 2 rings (SSSR count). The molecule has 3 nitrogen and oxygen atoms in total. The molecule has 106 valence electrons. The highest BCUT2D eigenvalue weighted by atomic mass is 35.5. The Kier molecular flexibility index (Phi) is 4.58. The summed E-state index contributed by atoms with van der Waals surface area (Å²) in [7, 11) is 0. The maximum atomic E-state index is 6.43. The smallest absolute Gasteiger partial charge is 0.0660 e. The summed E-state index contributed by atoms with van der Waals surface area (Å²) in [6, 6.07) is 6.29. The first-order valence-electron chi connectivity index (χ1n) is 7.05. The van der Waals surface area contributed by atoms with Gasteiger partial charge < -0.3 is 15.5 Å². The van der Waals surface area contributed by atoms with Crippen molar-refractivity contribution >= 4 is 23.0 Å². The number of halogens is 1. The summed E-state index contributed by atoms with van der Waals surface area (Å²) in [6.07, 6.45) is 1.07. The van der Waals surface area contributed by atoms with Crippen molar-refractivity contribution in [3.63, 3.8) is 0 Å². The van der Waals surface area contributed by atoms with Gasteiger partial charge in [0.2, 0.25) is 0 Å². The van der Waals surface area contributed by atoms with Gasteiger partial charge in [-0.3, -0.25) is 0 Å². The van der Waals surface area contributed by atoms with Crippen molar-refractivity contribution in [3.05, 3.63) is 23.2 Å². The second-order valence-electron chi connectivity index (χ2n) is 5.77. The Morgan fingerprint density at radius 1 is 1.32 bits per heavy atom. The molecule has 19 heavy (non-hydrogen) atoms. The van der Waals surface area contributed by atoms with Gasteiger partial charge in [0.25, 0.3) is 0 Å². The Morgan fingerprint density at radius 3 is 2.58 bits per heavy atom. The van der Waals surface area contributed by atoms with Gasteiger partial charge in [0.15, 0.2) is 0 Å². The molecule has 0 aromatic heterocycles. The van der Waals surface area contributed by atoms with Crippen LogP contribution in [0.15, 0.2) is 18.2 Å². The lowest BCUT2D eigenvalue weighted by molar-refractivity contribution is 0.547. The highest BCUT2D eigenvalue weighted by Crippen LogP contribution is 2.30. The van der Waals surface area contributed by atoms with E-state index in [2.05, 4.69) is 48.4 Å². The van der Waals surface area contributed by atoms with Gasteiger partial charge in [0.1, 0.15) is 0 Å². The second-order valence-corrected chi connectivity index (χ2v) is 6.17. The van der Waals surface area contributed by atoms with E-state index in [9.17, 15) is 0 Å². The van der Waals surface area contributed by atoms with Crippen molar-refractivity contribution in [3.8, 4) is 0 Å². The van der Waals surface area contributed by atoms with E-state index in [0.29, 0.717) is 0 Å². The fourth-order valence-electron chi connectivity index (χ4n) is 2.23. The standard InChI is InChI=1S/C15H24ClN3/c1-4-15(2,3)18-12-5-6-14(13(16)11-12)19-9-7-17-8-10-19/h5-6,11,17-18H,4,7-10H2,1-3H3. The summed E-state index contributed by atoms with van der Waals surface area (Å²) in [4.78, 5) is 2.34. The molecule has 0 bridgehead atoms. The first-order chi connectivity index (χ1) is 9.02. The van der Waals surface area contributed by atoms with Crippen molar-refractivity contribution in [2.75, 3.05) is 36.4 Å². The molecule has 1 aliphatic heterocycles. The molecular weight excluding hydrogens is 258 g/mol. The van der Waals surface area contributed by atoms with Crippen LogP contribution in [0, 0.1) is 0 Å². The molecule has 4 heteroatoms. The van der Waals surface area contributed by atoms with Crippen molar-refractivity contribution < 1.29 is 0 Å². The van der Waals surface area contributed by atoms with Crippen LogP contribution in [-0.2, 0) is 0 Å². The van der Waals surface area contributed by atoms with Crippen LogP contribution in [0.4, 0.5) is 11.4 Å². The lowest BCUT2D eigenvalue weighted by atomic mass is 10.0. The molecular formula is C15H24ClN3. The van der Waals surface area contributed by atoms with Gasteiger partial charge in [-0.15, -0.1) is 0 Å². The minimum atomic E-state index is 0.0971. The summed E-state index contributed by atoms with van der Waals surface area (Å²) in [5.74, 6) is 0. The molecule has 0 aliphatic carbocycles. The zero-order valence-corrected chi connectivity index (χ0v) is 12.8. The number of nitrogens with one attached hydrogen (secondary N) is 2. The number of nitrogens with zero attached hydrogens (tertiary/aromatic N) is 1. The number of rotatable bonds is 4. The summed E-state index contributed by atoms with van der Waals surface area (Å²) >= 11 is 6.43. The summed E-state index contributed by atoms with van der Waals surface area (Å²) in [5, 5.41) is 7.71. The third-order valence-electron chi connectivity index (χ3n) is 3.77. The summed E-state index contributed by atoms with van der Waals surface area (Å²) in [5.41, 5.74) is 2.33. The van der Waals surface area contributed by atoms with Gasteiger partial charge in [0, 0.05) is 37.4 Å². The minimum Gasteiger partial charge on any atom is -0.380 e. The van der Waals surface area contributed by atoms with Crippen molar-refractivity contribution in [1.82, 2.24) is 5.32 Å². The van der Waals surface area contributed by atoms with Gasteiger partial charge >= 0.3 is 0 Å². The average Bonchev–Trinajstić information content (AvgIpc) is 2.39. The highest BCUT2D eigenvalue weighted by molar-refractivity contribution is 6.33.